The lowest BCUT2D eigenvalue weighted by Crippen LogP contribution is -2.03. The second-order valence-corrected chi connectivity index (χ2v) is 3.55. The Bertz CT molecular complexity index is 720. The van der Waals surface area contributed by atoms with Gasteiger partial charge in [0.25, 0.3) is 0 Å². The van der Waals surface area contributed by atoms with E-state index in [0.717, 1.165) is 5.56 Å². The summed E-state index contributed by atoms with van der Waals surface area (Å²) in [6, 6.07) is 12.6. The van der Waals surface area contributed by atoms with Gasteiger partial charge in [0, 0.05) is 11.8 Å². The molecule has 0 aliphatic rings. The summed E-state index contributed by atoms with van der Waals surface area (Å²) in [5, 5.41) is 0.396. The van der Waals surface area contributed by atoms with Crippen molar-refractivity contribution in [3.8, 4) is 11.5 Å². The van der Waals surface area contributed by atoms with Gasteiger partial charge in [-0.15, -0.1) is 0 Å². The third-order valence-electron chi connectivity index (χ3n) is 2.42. The predicted octanol–water partition coefficient (Wildman–Crippen LogP) is 2.25. The highest BCUT2D eigenvalue weighted by Crippen LogP contribution is 2.16. The molecule has 17 heavy (non-hydrogen) atoms. The fourth-order valence-electron chi connectivity index (χ4n) is 1.61. The Balaban J connectivity index is 2.30. The van der Waals surface area contributed by atoms with Crippen LogP contribution in [0.2, 0.25) is 0 Å². The highest BCUT2D eigenvalue weighted by Gasteiger charge is 2.07. The zero-order valence-corrected chi connectivity index (χ0v) is 8.83. The third-order valence-corrected chi connectivity index (χ3v) is 2.42. The molecule has 0 fully saturated rings. The second-order valence-electron chi connectivity index (χ2n) is 3.55. The van der Waals surface area contributed by atoms with Crippen molar-refractivity contribution in [3.63, 3.8) is 0 Å². The Morgan fingerprint density at radius 1 is 1.00 bits per heavy atom. The lowest BCUT2D eigenvalue weighted by Gasteiger charge is -1.99. The van der Waals surface area contributed by atoms with Crippen molar-refractivity contribution >= 4 is 11.0 Å². The van der Waals surface area contributed by atoms with Crippen LogP contribution in [0, 0.1) is 0 Å². The van der Waals surface area contributed by atoms with E-state index in [4.69, 9.17) is 4.42 Å². The first kappa shape index (κ1) is 9.72. The van der Waals surface area contributed by atoms with Crippen LogP contribution in [0.5, 0.6) is 0 Å². The molecule has 0 aliphatic carbocycles. The van der Waals surface area contributed by atoms with Crippen LogP contribution >= 0.6 is 0 Å². The molecular weight excluding hydrogens is 216 g/mol. The Labute approximate surface area is 96.6 Å². The maximum Gasteiger partial charge on any atom is 0.348 e. The van der Waals surface area contributed by atoms with Crippen LogP contribution in [-0.2, 0) is 0 Å². The number of aromatic nitrogens is 2. The Kier molecular flexibility index (Phi) is 2.19. The summed E-state index contributed by atoms with van der Waals surface area (Å²) in [5.41, 5.74) is 0.752. The largest absolute Gasteiger partial charge is 0.403 e. The Hall–Kier alpha value is -2.49. The van der Waals surface area contributed by atoms with Gasteiger partial charge in [0.2, 0.25) is 5.89 Å². The van der Waals surface area contributed by atoms with Crippen molar-refractivity contribution in [3.05, 3.63) is 59.1 Å². The molecule has 82 valence electrons. The van der Waals surface area contributed by atoms with Crippen LogP contribution < -0.4 is 5.63 Å². The minimum absolute atomic E-state index is 0.293. The average molecular weight is 224 g/mol. The molecule has 3 rings (SSSR count). The van der Waals surface area contributed by atoms with Gasteiger partial charge >= 0.3 is 5.63 Å². The first-order valence-electron chi connectivity index (χ1n) is 5.16. The number of pyridine rings is 1. The summed E-state index contributed by atoms with van der Waals surface area (Å²) in [6.07, 6.45) is 1.60. The molecule has 3 aromatic rings. The molecule has 0 atom stereocenters. The highest BCUT2D eigenvalue weighted by atomic mass is 16.4. The number of hydrogen-bond donors (Lipinski definition) is 0. The Morgan fingerprint density at radius 2 is 1.82 bits per heavy atom. The van der Waals surface area contributed by atoms with Crippen LogP contribution in [0.3, 0.4) is 0 Å². The molecule has 0 radical (unpaired) electrons. The summed E-state index contributed by atoms with van der Waals surface area (Å²) in [5.74, 6) is 0.293. The molecule has 4 nitrogen and oxygen atoms in total. The number of rotatable bonds is 1. The van der Waals surface area contributed by atoms with Gasteiger partial charge in [-0.05, 0) is 24.3 Å². The molecule has 0 saturated heterocycles. The topological polar surface area (TPSA) is 56.0 Å². The van der Waals surface area contributed by atoms with E-state index in [-0.39, 0.29) is 0 Å². The van der Waals surface area contributed by atoms with Crippen LogP contribution in [0.15, 0.2) is 57.9 Å². The van der Waals surface area contributed by atoms with Gasteiger partial charge in [-0.3, -0.25) is 0 Å². The van der Waals surface area contributed by atoms with Crippen molar-refractivity contribution < 1.29 is 4.42 Å². The SMILES string of the molecule is O=c1oc(-c2ccccc2)nc2ncccc12. The second kappa shape index (κ2) is 3.83. The lowest BCUT2D eigenvalue weighted by molar-refractivity contribution is 0.517. The number of fused-ring (bicyclic) bond motifs is 1. The monoisotopic (exact) mass is 224 g/mol. The molecule has 2 aromatic heterocycles. The first-order chi connectivity index (χ1) is 8.34. The summed E-state index contributed by atoms with van der Waals surface area (Å²) >= 11 is 0. The van der Waals surface area contributed by atoms with Gasteiger partial charge < -0.3 is 4.42 Å². The molecule has 0 saturated carbocycles. The van der Waals surface area contributed by atoms with Gasteiger partial charge in [0.05, 0.1) is 0 Å². The lowest BCUT2D eigenvalue weighted by atomic mass is 10.2. The zero-order valence-electron chi connectivity index (χ0n) is 8.83. The number of benzene rings is 1. The molecular formula is C13H8N2O2. The fourth-order valence-corrected chi connectivity index (χ4v) is 1.61. The average Bonchev–Trinajstić information content (AvgIpc) is 2.40. The van der Waals surface area contributed by atoms with E-state index in [1.165, 1.54) is 0 Å². The van der Waals surface area contributed by atoms with Crippen LogP contribution in [-0.4, -0.2) is 9.97 Å². The summed E-state index contributed by atoms with van der Waals surface area (Å²) in [4.78, 5) is 20.0. The van der Waals surface area contributed by atoms with Crippen LogP contribution in [0.4, 0.5) is 0 Å². The van der Waals surface area contributed by atoms with E-state index in [9.17, 15) is 4.79 Å². The summed E-state index contributed by atoms with van der Waals surface area (Å²) in [6.45, 7) is 0. The molecule has 0 unspecified atom stereocenters. The van der Waals surface area contributed by atoms with E-state index < -0.39 is 5.63 Å². The molecule has 2 heterocycles. The standard InChI is InChI=1S/C13H8N2O2/c16-13-10-7-4-8-14-11(10)15-12(17-13)9-5-2-1-3-6-9/h1-8H. The minimum Gasteiger partial charge on any atom is -0.403 e. The van der Waals surface area contributed by atoms with Gasteiger partial charge in [0.1, 0.15) is 5.39 Å². The van der Waals surface area contributed by atoms with E-state index in [2.05, 4.69) is 9.97 Å². The van der Waals surface area contributed by atoms with Crippen molar-refractivity contribution in [2.45, 2.75) is 0 Å². The molecule has 0 aliphatic heterocycles. The van der Waals surface area contributed by atoms with Gasteiger partial charge in [-0.25, -0.2) is 9.78 Å². The maximum atomic E-state index is 11.7. The summed E-state index contributed by atoms with van der Waals surface area (Å²) < 4.78 is 5.17. The van der Waals surface area contributed by atoms with Crippen molar-refractivity contribution in [1.82, 2.24) is 9.97 Å². The smallest absolute Gasteiger partial charge is 0.348 e. The van der Waals surface area contributed by atoms with Crippen LogP contribution in [0.25, 0.3) is 22.5 Å². The van der Waals surface area contributed by atoms with Gasteiger partial charge in [-0.1, -0.05) is 18.2 Å². The van der Waals surface area contributed by atoms with E-state index in [0.29, 0.717) is 16.9 Å². The van der Waals surface area contributed by atoms with Gasteiger partial charge in [0.15, 0.2) is 5.65 Å². The van der Waals surface area contributed by atoms with E-state index in [1.54, 1.807) is 18.3 Å². The molecule has 0 bridgehead atoms. The molecule has 0 amide bonds. The zero-order chi connectivity index (χ0) is 11.7. The molecule has 0 N–H and O–H groups in total. The van der Waals surface area contributed by atoms with Crippen LogP contribution in [0.1, 0.15) is 0 Å². The first-order valence-corrected chi connectivity index (χ1v) is 5.16. The number of hydrogen-bond acceptors (Lipinski definition) is 4. The van der Waals surface area contributed by atoms with E-state index in [1.807, 2.05) is 30.3 Å². The number of nitrogens with zero attached hydrogens (tertiary/aromatic N) is 2. The van der Waals surface area contributed by atoms with Gasteiger partial charge in [-0.2, -0.15) is 4.98 Å². The van der Waals surface area contributed by atoms with Crippen molar-refractivity contribution in [2.24, 2.45) is 0 Å². The normalized spacial score (nSPS) is 10.6. The predicted molar refractivity (Wildman–Crippen MR) is 63.5 cm³/mol. The Morgan fingerprint density at radius 3 is 2.65 bits per heavy atom. The highest BCUT2D eigenvalue weighted by molar-refractivity contribution is 5.74. The molecule has 4 heteroatoms. The molecule has 1 aromatic carbocycles. The third kappa shape index (κ3) is 1.69. The van der Waals surface area contributed by atoms with Crippen molar-refractivity contribution in [2.75, 3.05) is 0 Å². The van der Waals surface area contributed by atoms with E-state index >= 15 is 0 Å². The molecule has 0 spiro atoms. The quantitative estimate of drug-likeness (QED) is 0.636. The summed E-state index contributed by atoms with van der Waals surface area (Å²) in [7, 11) is 0. The minimum atomic E-state index is -0.415. The van der Waals surface area contributed by atoms with Crippen molar-refractivity contribution in [1.29, 1.82) is 0 Å². The maximum absolute atomic E-state index is 11.7. The fraction of sp³-hybridized carbons (Fsp3) is 0.